The first-order valence-corrected chi connectivity index (χ1v) is 6.73. The van der Waals surface area contributed by atoms with Crippen LogP contribution in [0.25, 0.3) is 0 Å². The van der Waals surface area contributed by atoms with Gasteiger partial charge >= 0.3 is 0 Å². The second kappa shape index (κ2) is 6.06. The Morgan fingerprint density at radius 1 is 1.24 bits per heavy atom. The molecule has 1 aromatic carbocycles. The second-order valence-corrected chi connectivity index (χ2v) is 5.03. The van der Waals surface area contributed by atoms with Gasteiger partial charge in [0.2, 0.25) is 0 Å². The van der Waals surface area contributed by atoms with Gasteiger partial charge in [0.15, 0.2) is 0 Å². The van der Waals surface area contributed by atoms with Crippen LogP contribution < -0.4 is 10.1 Å². The molecule has 1 aromatic rings. The molecule has 1 aliphatic rings. The van der Waals surface area contributed by atoms with Gasteiger partial charge in [0.1, 0.15) is 5.75 Å². The van der Waals surface area contributed by atoms with Gasteiger partial charge < -0.3 is 10.1 Å². The number of rotatable bonds is 4. The summed E-state index contributed by atoms with van der Waals surface area (Å²) in [7, 11) is 0. The number of piperidine rings is 1. The van der Waals surface area contributed by atoms with Crippen molar-refractivity contribution in [3.63, 3.8) is 0 Å². The fourth-order valence-corrected chi connectivity index (χ4v) is 2.45. The Balaban J connectivity index is 1.86. The van der Waals surface area contributed by atoms with Crippen molar-refractivity contribution in [3.05, 3.63) is 29.8 Å². The topological polar surface area (TPSA) is 21.3 Å². The van der Waals surface area contributed by atoms with Crippen LogP contribution in [0.15, 0.2) is 24.3 Å². The Morgan fingerprint density at radius 3 is 2.59 bits per heavy atom. The molecule has 1 aliphatic heterocycles. The standard InChI is InChI=1S/C15H23NO/c1-3-17-15-8-6-13(7-9-15)10-14-5-4-12(2)16-11-14/h6-9,12,14,16H,3-5,10-11H2,1-2H3. The SMILES string of the molecule is CCOc1ccc(CC2CCC(C)NC2)cc1. The third-order valence-electron chi connectivity index (χ3n) is 3.52. The average molecular weight is 233 g/mol. The van der Waals surface area contributed by atoms with E-state index in [1.54, 1.807) is 0 Å². The van der Waals surface area contributed by atoms with E-state index in [2.05, 4.69) is 36.5 Å². The van der Waals surface area contributed by atoms with E-state index in [9.17, 15) is 0 Å². The molecular weight excluding hydrogens is 210 g/mol. The molecule has 0 spiro atoms. The lowest BCUT2D eigenvalue weighted by Gasteiger charge is -2.27. The van der Waals surface area contributed by atoms with Crippen LogP contribution in [0, 0.1) is 5.92 Å². The molecule has 1 N–H and O–H groups in total. The monoisotopic (exact) mass is 233 g/mol. The zero-order chi connectivity index (χ0) is 12.1. The molecule has 2 rings (SSSR count). The minimum atomic E-state index is 0.701. The summed E-state index contributed by atoms with van der Waals surface area (Å²) in [5.74, 6) is 1.77. The first-order chi connectivity index (χ1) is 8.28. The highest BCUT2D eigenvalue weighted by Gasteiger charge is 2.17. The molecule has 1 fully saturated rings. The first kappa shape index (κ1) is 12.4. The number of hydrogen-bond acceptors (Lipinski definition) is 2. The van der Waals surface area contributed by atoms with Gasteiger partial charge in [-0.15, -0.1) is 0 Å². The molecule has 2 nitrogen and oxygen atoms in total. The zero-order valence-electron chi connectivity index (χ0n) is 10.9. The molecule has 0 aliphatic carbocycles. The lowest BCUT2D eigenvalue weighted by Crippen LogP contribution is -2.37. The van der Waals surface area contributed by atoms with E-state index < -0.39 is 0 Å². The maximum Gasteiger partial charge on any atom is 0.119 e. The van der Waals surface area contributed by atoms with Crippen molar-refractivity contribution < 1.29 is 4.74 Å². The van der Waals surface area contributed by atoms with Crippen LogP contribution in [-0.2, 0) is 6.42 Å². The molecule has 1 heterocycles. The van der Waals surface area contributed by atoms with Crippen LogP contribution in [0.3, 0.4) is 0 Å². The highest BCUT2D eigenvalue weighted by Crippen LogP contribution is 2.20. The molecule has 1 saturated heterocycles. The number of ether oxygens (including phenoxy) is 1. The maximum absolute atomic E-state index is 5.45. The van der Waals surface area contributed by atoms with E-state index in [1.165, 1.54) is 24.8 Å². The summed E-state index contributed by atoms with van der Waals surface area (Å²) in [4.78, 5) is 0. The van der Waals surface area contributed by atoms with Crippen molar-refractivity contribution in [2.45, 2.75) is 39.2 Å². The predicted octanol–water partition coefficient (Wildman–Crippen LogP) is 3.02. The summed E-state index contributed by atoms with van der Waals surface area (Å²) in [6, 6.07) is 9.26. The van der Waals surface area contributed by atoms with Crippen molar-refractivity contribution >= 4 is 0 Å². The third kappa shape index (κ3) is 3.74. The predicted molar refractivity (Wildman–Crippen MR) is 71.5 cm³/mol. The highest BCUT2D eigenvalue weighted by molar-refractivity contribution is 5.27. The van der Waals surface area contributed by atoms with Crippen LogP contribution in [0.1, 0.15) is 32.3 Å². The van der Waals surface area contributed by atoms with Gasteiger partial charge in [-0.2, -0.15) is 0 Å². The average Bonchev–Trinajstić information content (AvgIpc) is 2.35. The summed E-state index contributed by atoms with van der Waals surface area (Å²) < 4.78 is 5.45. The molecule has 0 saturated carbocycles. The van der Waals surface area contributed by atoms with Crippen LogP contribution in [-0.4, -0.2) is 19.2 Å². The number of hydrogen-bond donors (Lipinski definition) is 1. The minimum Gasteiger partial charge on any atom is -0.494 e. The summed E-state index contributed by atoms with van der Waals surface area (Å²) in [5.41, 5.74) is 1.43. The van der Waals surface area contributed by atoms with Crippen LogP contribution in [0.4, 0.5) is 0 Å². The quantitative estimate of drug-likeness (QED) is 0.863. The van der Waals surface area contributed by atoms with Gasteiger partial charge in [-0.3, -0.25) is 0 Å². The van der Waals surface area contributed by atoms with Gasteiger partial charge in [0.05, 0.1) is 6.61 Å². The number of benzene rings is 1. The summed E-state index contributed by atoms with van der Waals surface area (Å²) in [6.45, 7) is 6.19. The van der Waals surface area contributed by atoms with Gasteiger partial charge in [-0.05, 0) is 63.3 Å². The van der Waals surface area contributed by atoms with E-state index in [4.69, 9.17) is 4.74 Å². The van der Waals surface area contributed by atoms with Crippen LogP contribution in [0.2, 0.25) is 0 Å². The summed E-state index contributed by atoms with van der Waals surface area (Å²) >= 11 is 0. The molecule has 0 radical (unpaired) electrons. The zero-order valence-corrected chi connectivity index (χ0v) is 10.9. The van der Waals surface area contributed by atoms with Gasteiger partial charge in [-0.25, -0.2) is 0 Å². The van der Waals surface area contributed by atoms with Crippen molar-refractivity contribution in [1.29, 1.82) is 0 Å². The molecule has 0 amide bonds. The Hall–Kier alpha value is -1.02. The van der Waals surface area contributed by atoms with E-state index in [0.29, 0.717) is 6.04 Å². The van der Waals surface area contributed by atoms with Crippen molar-refractivity contribution in [1.82, 2.24) is 5.32 Å². The molecule has 17 heavy (non-hydrogen) atoms. The lowest BCUT2D eigenvalue weighted by atomic mass is 9.90. The Labute approximate surface area is 104 Å². The second-order valence-electron chi connectivity index (χ2n) is 5.03. The number of nitrogens with one attached hydrogen (secondary N) is 1. The van der Waals surface area contributed by atoms with Gasteiger partial charge in [-0.1, -0.05) is 12.1 Å². The molecule has 94 valence electrons. The van der Waals surface area contributed by atoms with E-state index >= 15 is 0 Å². The fraction of sp³-hybridized carbons (Fsp3) is 0.600. The normalized spacial score (nSPS) is 24.6. The van der Waals surface area contributed by atoms with Gasteiger partial charge in [0, 0.05) is 6.04 Å². The van der Waals surface area contributed by atoms with Crippen molar-refractivity contribution in [2.75, 3.05) is 13.2 Å². The van der Waals surface area contributed by atoms with E-state index in [0.717, 1.165) is 24.8 Å². The Bertz CT molecular complexity index is 325. The third-order valence-corrected chi connectivity index (χ3v) is 3.52. The lowest BCUT2D eigenvalue weighted by molar-refractivity contribution is 0.321. The molecule has 0 bridgehead atoms. The summed E-state index contributed by atoms with van der Waals surface area (Å²) in [6.07, 6.45) is 3.84. The minimum absolute atomic E-state index is 0.701. The van der Waals surface area contributed by atoms with Crippen molar-refractivity contribution in [3.8, 4) is 5.75 Å². The fourth-order valence-electron chi connectivity index (χ4n) is 2.45. The smallest absolute Gasteiger partial charge is 0.119 e. The van der Waals surface area contributed by atoms with Crippen LogP contribution in [0.5, 0.6) is 5.75 Å². The van der Waals surface area contributed by atoms with Gasteiger partial charge in [0.25, 0.3) is 0 Å². The molecule has 2 unspecified atom stereocenters. The largest absolute Gasteiger partial charge is 0.494 e. The highest BCUT2D eigenvalue weighted by atomic mass is 16.5. The molecular formula is C15H23NO. The Morgan fingerprint density at radius 2 is 2.00 bits per heavy atom. The molecule has 2 atom stereocenters. The summed E-state index contributed by atoms with van der Waals surface area (Å²) in [5, 5.41) is 3.56. The molecule has 2 heteroatoms. The van der Waals surface area contributed by atoms with E-state index in [1.807, 2.05) is 6.92 Å². The Kier molecular flexibility index (Phi) is 4.43. The van der Waals surface area contributed by atoms with E-state index in [-0.39, 0.29) is 0 Å². The maximum atomic E-state index is 5.45. The van der Waals surface area contributed by atoms with Crippen LogP contribution >= 0.6 is 0 Å². The molecule has 0 aromatic heterocycles. The van der Waals surface area contributed by atoms with Crippen molar-refractivity contribution in [2.24, 2.45) is 5.92 Å². The first-order valence-electron chi connectivity index (χ1n) is 6.73.